The maximum Gasteiger partial charge on any atom is 0.0920 e. The van der Waals surface area contributed by atoms with E-state index >= 15 is 0 Å². The topological polar surface area (TPSA) is 12.5 Å². The van der Waals surface area contributed by atoms with E-state index in [9.17, 15) is 0 Å². The second-order valence-electron chi connectivity index (χ2n) is 7.19. The standard InChI is InChI=1S/C16H30O/c1-5-6-7-8-10-15(2,3)13-9-11-16(4)14(12-13)17-16/h13-14H,5-12H2,1-4H3. The highest BCUT2D eigenvalue weighted by molar-refractivity contribution is 5.05. The van der Waals surface area contributed by atoms with Gasteiger partial charge in [0, 0.05) is 0 Å². The lowest BCUT2D eigenvalue weighted by Gasteiger charge is -2.37. The Morgan fingerprint density at radius 3 is 2.65 bits per heavy atom. The van der Waals surface area contributed by atoms with Gasteiger partial charge in [-0.2, -0.15) is 0 Å². The third-order valence-corrected chi connectivity index (χ3v) is 5.30. The summed E-state index contributed by atoms with van der Waals surface area (Å²) in [5, 5.41) is 0. The molecular formula is C16H30O. The highest BCUT2D eigenvalue weighted by Crippen LogP contribution is 2.53. The Labute approximate surface area is 107 Å². The van der Waals surface area contributed by atoms with Crippen LogP contribution in [0.2, 0.25) is 0 Å². The molecule has 0 N–H and O–H groups in total. The normalized spacial score (nSPS) is 36.7. The van der Waals surface area contributed by atoms with E-state index in [2.05, 4.69) is 27.7 Å². The molecule has 1 nitrogen and oxygen atoms in total. The van der Waals surface area contributed by atoms with Crippen molar-refractivity contribution in [1.29, 1.82) is 0 Å². The molecule has 17 heavy (non-hydrogen) atoms. The van der Waals surface area contributed by atoms with Crippen molar-refractivity contribution in [2.75, 3.05) is 0 Å². The van der Waals surface area contributed by atoms with Gasteiger partial charge >= 0.3 is 0 Å². The lowest BCUT2D eigenvalue weighted by atomic mass is 9.67. The second-order valence-corrected chi connectivity index (χ2v) is 7.19. The predicted octanol–water partition coefficient (Wildman–Crippen LogP) is 4.94. The number of hydrogen-bond donors (Lipinski definition) is 0. The van der Waals surface area contributed by atoms with Crippen LogP contribution in [-0.4, -0.2) is 11.7 Å². The maximum atomic E-state index is 5.83. The van der Waals surface area contributed by atoms with E-state index in [1.807, 2.05) is 0 Å². The fraction of sp³-hybridized carbons (Fsp3) is 1.00. The first-order chi connectivity index (χ1) is 7.98. The Hall–Kier alpha value is -0.0400. The molecule has 0 spiro atoms. The van der Waals surface area contributed by atoms with E-state index in [1.165, 1.54) is 51.4 Å². The fourth-order valence-electron chi connectivity index (χ4n) is 3.57. The van der Waals surface area contributed by atoms with Crippen molar-refractivity contribution >= 4 is 0 Å². The first-order valence-electron chi connectivity index (χ1n) is 7.66. The minimum absolute atomic E-state index is 0.286. The van der Waals surface area contributed by atoms with Gasteiger partial charge in [0.25, 0.3) is 0 Å². The van der Waals surface area contributed by atoms with Crippen LogP contribution in [0.4, 0.5) is 0 Å². The van der Waals surface area contributed by atoms with E-state index in [0.29, 0.717) is 11.5 Å². The lowest BCUT2D eigenvalue weighted by Crippen LogP contribution is -2.31. The molecule has 3 atom stereocenters. The molecule has 0 bridgehead atoms. The molecule has 0 amide bonds. The van der Waals surface area contributed by atoms with Crippen LogP contribution < -0.4 is 0 Å². The summed E-state index contributed by atoms with van der Waals surface area (Å²) in [7, 11) is 0. The summed E-state index contributed by atoms with van der Waals surface area (Å²) in [6.45, 7) is 9.54. The number of unbranched alkanes of at least 4 members (excludes halogenated alkanes) is 3. The van der Waals surface area contributed by atoms with Crippen molar-refractivity contribution in [3.8, 4) is 0 Å². The molecular weight excluding hydrogens is 208 g/mol. The first-order valence-corrected chi connectivity index (χ1v) is 7.66. The van der Waals surface area contributed by atoms with Crippen molar-refractivity contribution in [3.63, 3.8) is 0 Å². The summed E-state index contributed by atoms with van der Waals surface area (Å²) in [5.41, 5.74) is 0.815. The monoisotopic (exact) mass is 238 g/mol. The Kier molecular flexibility index (Phi) is 3.87. The van der Waals surface area contributed by atoms with Crippen LogP contribution in [0.5, 0.6) is 0 Å². The van der Waals surface area contributed by atoms with E-state index in [4.69, 9.17) is 4.74 Å². The molecule has 1 saturated heterocycles. The second kappa shape index (κ2) is 4.91. The Balaban J connectivity index is 1.75. The van der Waals surface area contributed by atoms with Crippen LogP contribution in [0.15, 0.2) is 0 Å². The van der Waals surface area contributed by atoms with Crippen LogP contribution in [-0.2, 0) is 4.74 Å². The van der Waals surface area contributed by atoms with Crippen molar-refractivity contribution in [2.24, 2.45) is 11.3 Å². The molecule has 2 fully saturated rings. The SMILES string of the molecule is CCCCCCC(C)(C)C1CCC2(C)OC2C1. The molecule has 0 aromatic heterocycles. The van der Waals surface area contributed by atoms with Gasteiger partial charge in [0.1, 0.15) is 0 Å². The van der Waals surface area contributed by atoms with E-state index in [-0.39, 0.29) is 5.60 Å². The minimum atomic E-state index is 0.286. The third-order valence-electron chi connectivity index (χ3n) is 5.30. The zero-order valence-corrected chi connectivity index (χ0v) is 12.2. The van der Waals surface area contributed by atoms with Crippen LogP contribution in [0.3, 0.4) is 0 Å². The van der Waals surface area contributed by atoms with Crippen molar-refractivity contribution < 1.29 is 4.74 Å². The zero-order chi connectivity index (χ0) is 12.5. The summed E-state index contributed by atoms with van der Waals surface area (Å²) in [6, 6.07) is 0. The number of epoxide rings is 1. The number of fused-ring (bicyclic) bond motifs is 1. The lowest BCUT2D eigenvalue weighted by molar-refractivity contribution is 0.144. The van der Waals surface area contributed by atoms with Gasteiger partial charge in [-0.25, -0.2) is 0 Å². The van der Waals surface area contributed by atoms with Crippen LogP contribution >= 0.6 is 0 Å². The smallest absolute Gasteiger partial charge is 0.0920 e. The molecule has 2 aliphatic rings. The van der Waals surface area contributed by atoms with Gasteiger partial charge < -0.3 is 4.74 Å². The van der Waals surface area contributed by atoms with Crippen molar-refractivity contribution in [1.82, 2.24) is 0 Å². The Morgan fingerprint density at radius 2 is 2.00 bits per heavy atom. The quantitative estimate of drug-likeness (QED) is 0.471. The summed E-state index contributed by atoms with van der Waals surface area (Å²) < 4.78 is 5.83. The molecule has 100 valence electrons. The number of hydrogen-bond acceptors (Lipinski definition) is 1. The van der Waals surface area contributed by atoms with Gasteiger partial charge in [0.15, 0.2) is 0 Å². The van der Waals surface area contributed by atoms with Gasteiger partial charge in [0.2, 0.25) is 0 Å². The third kappa shape index (κ3) is 3.05. The maximum absolute atomic E-state index is 5.83. The summed E-state index contributed by atoms with van der Waals surface area (Å²) in [4.78, 5) is 0. The molecule has 1 aliphatic carbocycles. The predicted molar refractivity (Wildman–Crippen MR) is 73.2 cm³/mol. The van der Waals surface area contributed by atoms with Crippen molar-refractivity contribution in [2.45, 2.75) is 90.8 Å². The largest absolute Gasteiger partial charge is 0.366 e. The van der Waals surface area contributed by atoms with E-state index in [0.717, 1.165) is 5.92 Å². The van der Waals surface area contributed by atoms with Gasteiger partial charge in [0.05, 0.1) is 11.7 Å². The van der Waals surface area contributed by atoms with Crippen LogP contribution in [0, 0.1) is 11.3 Å². The fourth-order valence-corrected chi connectivity index (χ4v) is 3.57. The molecule has 2 rings (SSSR count). The minimum Gasteiger partial charge on any atom is -0.366 e. The van der Waals surface area contributed by atoms with Crippen LogP contribution in [0.25, 0.3) is 0 Å². The average Bonchev–Trinajstić information content (AvgIpc) is 2.95. The molecule has 1 heteroatoms. The molecule has 1 heterocycles. The first kappa shape index (κ1) is 13.4. The van der Waals surface area contributed by atoms with Gasteiger partial charge in [-0.15, -0.1) is 0 Å². The van der Waals surface area contributed by atoms with Gasteiger partial charge in [-0.1, -0.05) is 46.5 Å². The van der Waals surface area contributed by atoms with E-state index < -0.39 is 0 Å². The number of ether oxygens (including phenoxy) is 1. The highest BCUT2D eigenvalue weighted by atomic mass is 16.6. The molecule has 0 aromatic carbocycles. The van der Waals surface area contributed by atoms with Gasteiger partial charge in [-0.05, 0) is 43.9 Å². The highest BCUT2D eigenvalue weighted by Gasteiger charge is 2.56. The molecule has 0 radical (unpaired) electrons. The van der Waals surface area contributed by atoms with Crippen LogP contribution in [0.1, 0.15) is 79.1 Å². The Bertz CT molecular complexity index is 258. The Morgan fingerprint density at radius 1 is 1.24 bits per heavy atom. The molecule has 3 unspecified atom stereocenters. The molecule has 1 aliphatic heterocycles. The van der Waals surface area contributed by atoms with Gasteiger partial charge in [-0.3, -0.25) is 0 Å². The summed E-state index contributed by atoms with van der Waals surface area (Å²) in [6.07, 6.45) is 11.6. The summed E-state index contributed by atoms with van der Waals surface area (Å²) in [5.74, 6) is 0.893. The van der Waals surface area contributed by atoms with Crippen molar-refractivity contribution in [3.05, 3.63) is 0 Å². The molecule has 0 aromatic rings. The number of rotatable bonds is 6. The average molecular weight is 238 g/mol. The zero-order valence-electron chi connectivity index (χ0n) is 12.2. The van der Waals surface area contributed by atoms with E-state index in [1.54, 1.807) is 0 Å². The molecule has 1 saturated carbocycles. The summed E-state index contributed by atoms with van der Waals surface area (Å²) >= 11 is 0.